The molecule has 5 aromatic rings. The van der Waals surface area contributed by atoms with Gasteiger partial charge in [-0.05, 0) is 42.0 Å². The van der Waals surface area contributed by atoms with Gasteiger partial charge in [0.1, 0.15) is 0 Å². The zero-order chi connectivity index (χ0) is 23.1. The number of fused-ring (bicyclic) bond motifs is 3. The third kappa shape index (κ3) is 3.31. The molecule has 1 aliphatic rings. The first kappa shape index (κ1) is 19.9. The molecule has 1 aliphatic carbocycles. The summed E-state index contributed by atoms with van der Waals surface area (Å²) in [7, 11) is 0. The highest BCUT2D eigenvalue weighted by molar-refractivity contribution is 6.54. The molecule has 0 saturated heterocycles. The highest BCUT2D eigenvalue weighted by atomic mass is 14.8. The van der Waals surface area contributed by atoms with Crippen LogP contribution < -0.4 is 0 Å². The van der Waals surface area contributed by atoms with E-state index in [9.17, 15) is 0 Å². The van der Waals surface area contributed by atoms with Crippen molar-refractivity contribution in [2.24, 2.45) is 0 Å². The van der Waals surface area contributed by atoms with Crippen LogP contribution in [-0.2, 0) is 0 Å². The van der Waals surface area contributed by atoms with Gasteiger partial charge in [-0.15, -0.1) is 0 Å². The van der Waals surface area contributed by atoms with Gasteiger partial charge in [-0.2, -0.15) is 0 Å². The molecule has 5 heteroatoms. The smallest absolute Gasteiger partial charge is 0.0886 e. The highest BCUT2D eigenvalue weighted by Gasteiger charge is 2.23. The Balaban J connectivity index is 1.51. The van der Waals surface area contributed by atoms with E-state index < -0.39 is 0 Å². The van der Waals surface area contributed by atoms with Crippen molar-refractivity contribution in [3.63, 3.8) is 0 Å². The third-order valence-corrected chi connectivity index (χ3v) is 6.03. The van der Waals surface area contributed by atoms with Crippen LogP contribution in [0.25, 0.3) is 50.8 Å². The van der Waals surface area contributed by atoms with E-state index in [0.717, 1.165) is 55.8 Å². The van der Waals surface area contributed by atoms with Gasteiger partial charge in [0.15, 0.2) is 0 Å². The maximum Gasteiger partial charge on any atom is 0.0886 e. The van der Waals surface area contributed by atoms with Crippen LogP contribution in [0, 0.1) is 10.8 Å². The number of benzene rings is 2. The molecule has 0 bridgehead atoms. The van der Waals surface area contributed by atoms with Crippen molar-refractivity contribution < 1.29 is 0 Å². The second kappa shape index (κ2) is 7.98. The molecular weight excluding hydrogens is 418 g/mol. The van der Waals surface area contributed by atoms with Crippen molar-refractivity contribution in [3.05, 3.63) is 108 Å². The molecule has 0 saturated carbocycles. The molecule has 3 aromatic heterocycles. The fraction of sp³-hybridized carbons (Fsp3) is 0. The van der Waals surface area contributed by atoms with Gasteiger partial charge in [-0.3, -0.25) is 20.8 Å². The van der Waals surface area contributed by atoms with Crippen LogP contribution in [0.1, 0.15) is 11.1 Å². The number of nitrogens with zero attached hydrogens (tertiary/aromatic N) is 3. The van der Waals surface area contributed by atoms with Crippen LogP contribution in [0.15, 0.2) is 97.3 Å². The van der Waals surface area contributed by atoms with Crippen molar-refractivity contribution in [1.82, 2.24) is 15.0 Å². The quantitative estimate of drug-likeness (QED) is 0.340. The number of hydrogen-bond donors (Lipinski definition) is 2. The fourth-order valence-electron chi connectivity index (χ4n) is 4.32. The summed E-state index contributed by atoms with van der Waals surface area (Å²) in [6, 6.07) is 25.8. The van der Waals surface area contributed by atoms with Crippen molar-refractivity contribution in [3.8, 4) is 33.8 Å². The summed E-state index contributed by atoms with van der Waals surface area (Å²) in [5, 5.41) is 17.7. The second-order valence-corrected chi connectivity index (χ2v) is 8.12. The summed E-state index contributed by atoms with van der Waals surface area (Å²) < 4.78 is 0. The van der Waals surface area contributed by atoms with Gasteiger partial charge in [-0.1, -0.05) is 54.6 Å². The normalized spacial score (nSPS) is 12.7. The molecule has 0 atom stereocenters. The summed E-state index contributed by atoms with van der Waals surface area (Å²) in [5.74, 6) is 0. The minimum atomic E-state index is 0.206. The molecule has 6 rings (SSSR count). The number of pyridine rings is 3. The molecule has 0 fully saturated rings. The minimum Gasteiger partial charge on any atom is -0.299 e. The molecule has 3 heterocycles. The van der Waals surface area contributed by atoms with Crippen molar-refractivity contribution in [2.75, 3.05) is 0 Å². The molecule has 0 amide bonds. The fourth-order valence-corrected chi connectivity index (χ4v) is 4.32. The molecule has 0 spiro atoms. The Morgan fingerprint density at radius 1 is 0.647 bits per heavy atom. The van der Waals surface area contributed by atoms with E-state index in [0.29, 0.717) is 0 Å². The number of aromatic nitrogens is 3. The van der Waals surface area contributed by atoms with E-state index in [4.69, 9.17) is 15.8 Å². The predicted octanol–water partition coefficient (Wildman–Crippen LogP) is 6.44. The average molecular weight is 438 g/mol. The molecule has 0 radical (unpaired) electrons. The molecule has 2 aromatic carbocycles. The Hall–Kier alpha value is -4.77. The molecule has 5 nitrogen and oxygen atoms in total. The average Bonchev–Trinajstić information content (AvgIpc) is 2.91. The zero-order valence-corrected chi connectivity index (χ0v) is 18.2. The Morgan fingerprint density at radius 3 is 2.21 bits per heavy atom. The molecule has 34 heavy (non-hydrogen) atoms. The summed E-state index contributed by atoms with van der Waals surface area (Å²) in [6.45, 7) is 0. The lowest BCUT2D eigenvalue weighted by Crippen LogP contribution is -2.17. The van der Waals surface area contributed by atoms with Gasteiger partial charge < -0.3 is 0 Å². The monoisotopic (exact) mass is 437 g/mol. The van der Waals surface area contributed by atoms with E-state index >= 15 is 0 Å². The van der Waals surface area contributed by atoms with Crippen LogP contribution in [0.2, 0.25) is 0 Å². The van der Waals surface area contributed by atoms with Crippen LogP contribution in [0.4, 0.5) is 0 Å². The Bertz CT molecular complexity index is 1600. The third-order valence-electron chi connectivity index (χ3n) is 6.03. The maximum atomic E-state index is 8.62. The number of rotatable bonds is 3. The van der Waals surface area contributed by atoms with E-state index in [1.54, 1.807) is 12.3 Å². The standard InChI is InChI=1S/C29H19N5/c30-23-13-12-22-27(28(23)31)21-11-9-19(16-26(21)34-29(22)18-6-2-1-3-7-18)20-10-14-25(33-17-20)24-8-4-5-15-32-24/h1-17,30-31H. The Kier molecular flexibility index (Phi) is 4.66. The summed E-state index contributed by atoms with van der Waals surface area (Å²) in [6.07, 6.45) is 7.19. The van der Waals surface area contributed by atoms with Crippen LogP contribution >= 0.6 is 0 Å². The highest BCUT2D eigenvalue weighted by Crippen LogP contribution is 2.35. The van der Waals surface area contributed by atoms with E-state index in [-0.39, 0.29) is 11.4 Å². The first-order chi connectivity index (χ1) is 16.7. The van der Waals surface area contributed by atoms with Gasteiger partial charge in [0.2, 0.25) is 0 Å². The van der Waals surface area contributed by atoms with E-state index in [2.05, 4.69) is 9.97 Å². The number of hydrogen-bond acceptors (Lipinski definition) is 5. The first-order valence-electron chi connectivity index (χ1n) is 11.0. The van der Waals surface area contributed by atoms with Crippen LogP contribution in [0.5, 0.6) is 0 Å². The summed E-state index contributed by atoms with van der Waals surface area (Å²) in [5.41, 5.74) is 8.28. The molecular formula is C29H19N5. The Morgan fingerprint density at radius 2 is 1.44 bits per heavy atom. The van der Waals surface area contributed by atoms with E-state index in [1.807, 2.05) is 91.1 Å². The second-order valence-electron chi connectivity index (χ2n) is 8.12. The van der Waals surface area contributed by atoms with Crippen molar-refractivity contribution >= 4 is 28.4 Å². The summed E-state index contributed by atoms with van der Waals surface area (Å²) in [4.78, 5) is 14.0. The molecule has 160 valence electrons. The number of nitrogens with one attached hydrogen (secondary N) is 2. The molecule has 0 aliphatic heterocycles. The largest absolute Gasteiger partial charge is 0.299 e. The van der Waals surface area contributed by atoms with Gasteiger partial charge in [0.25, 0.3) is 0 Å². The van der Waals surface area contributed by atoms with E-state index in [1.165, 1.54) is 0 Å². The summed E-state index contributed by atoms with van der Waals surface area (Å²) >= 11 is 0. The van der Waals surface area contributed by atoms with Gasteiger partial charge >= 0.3 is 0 Å². The van der Waals surface area contributed by atoms with Gasteiger partial charge in [0, 0.05) is 40.0 Å². The lowest BCUT2D eigenvalue weighted by molar-refractivity contribution is 1.25. The van der Waals surface area contributed by atoms with Crippen LogP contribution in [0.3, 0.4) is 0 Å². The maximum absolute atomic E-state index is 8.62. The molecule has 2 N–H and O–H groups in total. The zero-order valence-electron chi connectivity index (χ0n) is 18.2. The lowest BCUT2D eigenvalue weighted by Gasteiger charge is -2.19. The van der Waals surface area contributed by atoms with Crippen molar-refractivity contribution in [2.45, 2.75) is 0 Å². The SMILES string of the molecule is N=C1C=Cc2c(-c3ccccc3)nc3cc(-c4ccc(-c5ccccn5)nc4)ccc3c2C1=N. The lowest BCUT2D eigenvalue weighted by atomic mass is 9.87. The predicted molar refractivity (Wildman–Crippen MR) is 137 cm³/mol. The number of allylic oxidation sites excluding steroid dienone is 1. The van der Waals surface area contributed by atoms with Crippen molar-refractivity contribution in [1.29, 1.82) is 10.8 Å². The first-order valence-corrected chi connectivity index (χ1v) is 11.0. The molecule has 0 unspecified atom stereocenters. The van der Waals surface area contributed by atoms with Gasteiger partial charge in [0.05, 0.1) is 34.0 Å². The van der Waals surface area contributed by atoms with Gasteiger partial charge in [-0.25, -0.2) is 4.98 Å². The Labute approximate surface area is 196 Å². The van der Waals surface area contributed by atoms with Crippen LogP contribution in [-0.4, -0.2) is 26.4 Å². The topological polar surface area (TPSA) is 86.4 Å². The minimum absolute atomic E-state index is 0.206.